The summed E-state index contributed by atoms with van der Waals surface area (Å²) in [5.74, 6) is 1.62. The van der Waals surface area contributed by atoms with E-state index < -0.39 is 0 Å². The Labute approximate surface area is 103 Å². The third kappa shape index (κ3) is 1.52. The Morgan fingerprint density at radius 3 is 2.62 bits per heavy atom. The number of fused-ring (bicyclic) bond motifs is 1. The number of halogens is 1. The highest BCUT2D eigenvalue weighted by Crippen LogP contribution is 2.45. The third-order valence-electron chi connectivity index (χ3n) is 3.42. The van der Waals surface area contributed by atoms with Crippen LogP contribution in [0.2, 0.25) is 0 Å². The number of hydrogen-bond donors (Lipinski definition) is 1. The van der Waals surface area contributed by atoms with Crippen LogP contribution in [0.3, 0.4) is 0 Å². The molecule has 0 atom stereocenters. The van der Waals surface area contributed by atoms with Gasteiger partial charge in [0.15, 0.2) is 11.5 Å². The van der Waals surface area contributed by atoms with Crippen LogP contribution >= 0.6 is 15.9 Å². The molecule has 1 fully saturated rings. The summed E-state index contributed by atoms with van der Waals surface area (Å²) in [7, 11) is 0. The summed E-state index contributed by atoms with van der Waals surface area (Å²) in [5.41, 5.74) is 7.30. The van der Waals surface area contributed by atoms with Gasteiger partial charge in [0.2, 0.25) is 0 Å². The molecule has 3 nitrogen and oxygen atoms in total. The summed E-state index contributed by atoms with van der Waals surface area (Å²) in [6, 6.07) is 4.09. The van der Waals surface area contributed by atoms with Gasteiger partial charge in [-0.15, -0.1) is 0 Å². The summed E-state index contributed by atoms with van der Waals surface area (Å²) in [6.45, 7) is 1.22. The van der Waals surface area contributed by atoms with Gasteiger partial charge in [0, 0.05) is 5.54 Å². The van der Waals surface area contributed by atoms with Crippen molar-refractivity contribution in [1.82, 2.24) is 0 Å². The lowest BCUT2D eigenvalue weighted by Gasteiger charge is -2.39. The van der Waals surface area contributed by atoms with Crippen molar-refractivity contribution in [3.63, 3.8) is 0 Å². The van der Waals surface area contributed by atoms with Crippen molar-refractivity contribution < 1.29 is 9.47 Å². The molecule has 2 aliphatic rings. The van der Waals surface area contributed by atoms with Crippen LogP contribution < -0.4 is 15.2 Å². The van der Waals surface area contributed by atoms with E-state index in [0.29, 0.717) is 13.2 Å². The van der Waals surface area contributed by atoms with Gasteiger partial charge in [-0.3, -0.25) is 0 Å². The van der Waals surface area contributed by atoms with E-state index in [-0.39, 0.29) is 5.54 Å². The van der Waals surface area contributed by atoms with E-state index >= 15 is 0 Å². The SMILES string of the molecule is NC1(c2cc(Br)c3c(c2)OCCO3)CCC1. The standard InChI is InChI=1S/C12H14BrNO2/c13-9-6-8(12(14)2-1-3-12)7-10-11(9)16-5-4-15-10/h6-7H,1-5,14H2. The molecule has 1 aliphatic heterocycles. The van der Waals surface area contributed by atoms with Crippen molar-refractivity contribution in [2.45, 2.75) is 24.8 Å². The number of rotatable bonds is 1. The Kier molecular flexibility index (Phi) is 2.37. The van der Waals surface area contributed by atoms with Gasteiger partial charge in [-0.1, -0.05) is 0 Å². The zero-order valence-corrected chi connectivity index (χ0v) is 10.5. The summed E-state index contributed by atoms with van der Waals surface area (Å²) < 4.78 is 12.1. The smallest absolute Gasteiger partial charge is 0.175 e. The van der Waals surface area contributed by atoms with Gasteiger partial charge in [0.1, 0.15) is 13.2 Å². The average molecular weight is 284 g/mol. The first-order chi connectivity index (χ1) is 7.69. The normalized spacial score (nSPS) is 21.4. The molecule has 1 aliphatic carbocycles. The maximum atomic E-state index is 6.31. The molecule has 4 heteroatoms. The van der Waals surface area contributed by atoms with Crippen LogP contribution in [0.25, 0.3) is 0 Å². The molecular weight excluding hydrogens is 270 g/mol. The molecular formula is C12H14BrNO2. The fourth-order valence-corrected chi connectivity index (χ4v) is 2.80. The quantitative estimate of drug-likeness (QED) is 0.862. The highest BCUT2D eigenvalue weighted by Gasteiger charge is 2.35. The second-order valence-corrected chi connectivity index (χ2v) is 5.35. The largest absolute Gasteiger partial charge is 0.486 e. The van der Waals surface area contributed by atoms with Gasteiger partial charge < -0.3 is 15.2 Å². The Morgan fingerprint density at radius 1 is 1.19 bits per heavy atom. The summed E-state index contributed by atoms with van der Waals surface area (Å²) in [5, 5.41) is 0. The summed E-state index contributed by atoms with van der Waals surface area (Å²) >= 11 is 3.52. The number of benzene rings is 1. The highest BCUT2D eigenvalue weighted by molar-refractivity contribution is 9.10. The molecule has 0 spiro atoms. The van der Waals surface area contributed by atoms with Gasteiger partial charge in [0.25, 0.3) is 0 Å². The molecule has 1 heterocycles. The molecule has 1 aromatic carbocycles. The van der Waals surface area contributed by atoms with E-state index in [9.17, 15) is 0 Å². The van der Waals surface area contributed by atoms with Gasteiger partial charge >= 0.3 is 0 Å². The lowest BCUT2D eigenvalue weighted by Crippen LogP contribution is -2.43. The van der Waals surface area contributed by atoms with Gasteiger partial charge in [-0.25, -0.2) is 0 Å². The maximum Gasteiger partial charge on any atom is 0.175 e. The first-order valence-electron chi connectivity index (χ1n) is 5.58. The van der Waals surface area contributed by atoms with Crippen LogP contribution in [-0.4, -0.2) is 13.2 Å². The molecule has 86 valence electrons. The highest BCUT2D eigenvalue weighted by atomic mass is 79.9. The fraction of sp³-hybridized carbons (Fsp3) is 0.500. The fourth-order valence-electron chi connectivity index (χ4n) is 2.24. The van der Waals surface area contributed by atoms with E-state index in [1.165, 1.54) is 6.42 Å². The molecule has 3 rings (SSSR count). The van der Waals surface area contributed by atoms with E-state index in [2.05, 4.69) is 22.0 Å². The van der Waals surface area contributed by atoms with E-state index in [1.54, 1.807) is 0 Å². The minimum absolute atomic E-state index is 0.154. The minimum Gasteiger partial charge on any atom is -0.486 e. The van der Waals surface area contributed by atoms with Crippen LogP contribution in [-0.2, 0) is 5.54 Å². The predicted molar refractivity (Wildman–Crippen MR) is 64.8 cm³/mol. The van der Waals surface area contributed by atoms with Crippen LogP contribution in [0.1, 0.15) is 24.8 Å². The van der Waals surface area contributed by atoms with Crippen LogP contribution in [0.4, 0.5) is 0 Å². The van der Waals surface area contributed by atoms with Gasteiger partial charge in [-0.2, -0.15) is 0 Å². The summed E-state index contributed by atoms with van der Waals surface area (Å²) in [6.07, 6.45) is 3.32. The zero-order chi connectivity index (χ0) is 11.2. The molecule has 0 amide bonds. The Hall–Kier alpha value is -0.740. The molecule has 0 aromatic heterocycles. The van der Waals surface area contributed by atoms with E-state index in [4.69, 9.17) is 15.2 Å². The number of nitrogens with two attached hydrogens (primary N) is 1. The second-order valence-electron chi connectivity index (χ2n) is 4.49. The maximum absolute atomic E-state index is 6.31. The molecule has 1 saturated carbocycles. The van der Waals surface area contributed by atoms with Crippen molar-refractivity contribution >= 4 is 15.9 Å². The van der Waals surface area contributed by atoms with Crippen LogP contribution in [0.15, 0.2) is 16.6 Å². The van der Waals surface area contributed by atoms with Gasteiger partial charge in [0.05, 0.1) is 4.47 Å². The summed E-state index contributed by atoms with van der Waals surface area (Å²) in [4.78, 5) is 0. The van der Waals surface area contributed by atoms with Crippen molar-refractivity contribution in [1.29, 1.82) is 0 Å². The predicted octanol–water partition coefficient (Wildman–Crippen LogP) is 2.56. The van der Waals surface area contributed by atoms with Crippen molar-refractivity contribution in [2.75, 3.05) is 13.2 Å². The van der Waals surface area contributed by atoms with Crippen molar-refractivity contribution in [3.05, 3.63) is 22.2 Å². The molecule has 1 aromatic rings. The topological polar surface area (TPSA) is 44.5 Å². The Bertz CT molecular complexity index is 429. The molecule has 0 unspecified atom stereocenters. The first kappa shape index (κ1) is 10.4. The first-order valence-corrected chi connectivity index (χ1v) is 6.37. The molecule has 2 N–H and O–H groups in total. The van der Waals surface area contributed by atoms with E-state index in [0.717, 1.165) is 34.4 Å². The van der Waals surface area contributed by atoms with Gasteiger partial charge in [-0.05, 0) is 52.9 Å². The van der Waals surface area contributed by atoms with E-state index in [1.807, 2.05) is 6.07 Å². The lowest BCUT2D eigenvalue weighted by atomic mass is 9.73. The molecule has 0 saturated heterocycles. The Balaban J connectivity index is 2.05. The lowest BCUT2D eigenvalue weighted by molar-refractivity contribution is 0.169. The second kappa shape index (κ2) is 3.64. The molecule has 0 radical (unpaired) electrons. The Morgan fingerprint density at radius 2 is 1.94 bits per heavy atom. The van der Waals surface area contributed by atoms with Crippen LogP contribution in [0, 0.1) is 0 Å². The number of ether oxygens (including phenoxy) is 2. The third-order valence-corrected chi connectivity index (χ3v) is 4.01. The minimum atomic E-state index is -0.154. The monoisotopic (exact) mass is 283 g/mol. The van der Waals surface area contributed by atoms with Crippen molar-refractivity contribution in [2.24, 2.45) is 5.73 Å². The molecule has 16 heavy (non-hydrogen) atoms. The van der Waals surface area contributed by atoms with Crippen molar-refractivity contribution in [3.8, 4) is 11.5 Å². The average Bonchev–Trinajstić information content (AvgIpc) is 2.26. The zero-order valence-electron chi connectivity index (χ0n) is 8.96. The number of hydrogen-bond acceptors (Lipinski definition) is 3. The van der Waals surface area contributed by atoms with Crippen LogP contribution in [0.5, 0.6) is 11.5 Å². The molecule has 0 bridgehead atoms.